The van der Waals surface area contributed by atoms with Gasteiger partial charge in [0.1, 0.15) is 11.4 Å². The van der Waals surface area contributed by atoms with Crippen molar-refractivity contribution in [3.8, 4) is 0 Å². The van der Waals surface area contributed by atoms with Gasteiger partial charge in [-0.2, -0.15) is 0 Å². The monoisotopic (exact) mass is 395 g/mol. The summed E-state index contributed by atoms with van der Waals surface area (Å²) in [5.41, 5.74) is -0.248. The van der Waals surface area contributed by atoms with Gasteiger partial charge in [-0.05, 0) is 25.0 Å². The van der Waals surface area contributed by atoms with Crippen molar-refractivity contribution in [2.45, 2.75) is 51.1 Å². The number of rotatable bonds is 4. The second-order valence-corrected chi connectivity index (χ2v) is 8.00. The summed E-state index contributed by atoms with van der Waals surface area (Å²) in [6.07, 6.45) is 4.42. The SMILES string of the molecule is CC(=O)NC1(C(=O)N2CCN(Cc3c(F)cccc3Cl)CC2)CCCCC1. The van der Waals surface area contributed by atoms with Gasteiger partial charge in [-0.15, -0.1) is 0 Å². The van der Waals surface area contributed by atoms with E-state index in [9.17, 15) is 14.0 Å². The molecule has 7 heteroatoms. The lowest BCUT2D eigenvalue weighted by Crippen LogP contribution is -2.62. The van der Waals surface area contributed by atoms with E-state index in [1.54, 1.807) is 12.1 Å². The predicted octanol–water partition coefficient (Wildman–Crippen LogP) is 2.96. The van der Waals surface area contributed by atoms with Gasteiger partial charge in [-0.25, -0.2) is 4.39 Å². The fourth-order valence-corrected chi connectivity index (χ4v) is 4.43. The van der Waals surface area contributed by atoms with E-state index in [0.717, 1.165) is 19.3 Å². The second-order valence-electron chi connectivity index (χ2n) is 7.59. The Hall–Kier alpha value is -1.66. The number of benzene rings is 1. The summed E-state index contributed by atoms with van der Waals surface area (Å²) in [5.74, 6) is -0.424. The van der Waals surface area contributed by atoms with Crippen molar-refractivity contribution in [1.29, 1.82) is 0 Å². The molecule has 1 saturated heterocycles. The van der Waals surface area contributed by atoms with Gasteiger partial charge in [0.2, 0.25) is 11.8 Å². The van der Waals surface area contributed by atoms with Crippen molar-refractivity contribution in [3.63, 3.8) is 0 Å². The number of amides is 2. The highest BCUT2D eigenvalue weighted by atomic mass is 35.5. The maximum atomic E-state index is 14.0. The molecule has 1 aliphatic carbocycles. The largest absolute Gasteiger partial charge is 0.342 e. The molecule has 2 fully saturated rings. The van der Waals surface area contributed by atoms with E-state index >= 15 is 0 Å². The first kappa shape index (κ1) is 20.1. The van der Waals surface area contributed by atoms with Crippen LogP contribution in [0.5, 0.6) is 0 Å². The molecule has 148 valence electrons. The number of nitrogens with one attached hydrogen (secondary N) is 1. The van der Waals surface area contributed by atoms with Crippen LogP contribution >= 0.6 is 11.6 Å². The van der Waals surface area contributed by atoms with Crippen molar-refractivity contribution < 1.29 is 14.0 Å². The summed E-state index contributed by atoms with van der Waals surface area (Å²) in [6.45, 7) is 4.38. The van der Waals surface area contributed by atoms with Crippen LogP contribution in [0.1, 0.15) is 44.6 Å². The van der Waals surface area contributed by atoms with E-state index in [2.05, 4.69) is 10.2 Å². The lowest BCUT2D eigenvalue weighted by molar-refractivity contribution is -0.144. The van der Waals surface area contributed by atoms with Crippen molar-refractivity contribution in [1.82, 2.24) is 15.1 Å². The molecule has 1 aliphatic heterocycles. The van der Waals surface area contributed by atoms with E-state index < -0.39 is 5.54 Å². The minimum absolute atomic E-state index is 0.0287. The molecule has 1 N–H and O–H groups in total. The first-order valence-corrected chi connectivity index (χ1v) is 10.0. The van der Waals surface area contributed by atoms with Crippen molar-refractivity contribution >= 4 is 23.4 Å². The summed E-state index contributed by atoms with van der Waals surface area (Å²) in [6, 6.07) is 4.71. The number of carbonyl (C=O) groups is 2. The van der Waals surface area contributed by atoms with Crippen LogP contribution in [0.2, 0.25) is 5.02 Å². The van der Waals surface area contributed by atoms with Crippen molar-refractivity contribution in [2.24, 2.45) is 0 Å². The molecule has 1 aromatic rings. The number of halogens is 2. The summed E-state index contributed by atoms with van der Waals surface area (Å²) in [4.78, 5) is 28.8. The zero-order valence-corrected chi connectivity index (χ0v) is 16.5. The van der Waals surface area contributed by atoms with Crippen LogP contribution in [0.15, 0.2) is 18.2 Å². The van der Waals surface area contributed by atoms with E-state index in [-0.39, 0.29) is 17.6 Å². The van der Waals surface area contributed by atoms with E-state index in [1.165, 1.54) is 13.0 Å². The molecule has 2 amide bonds. The van der Waals surface area contributed by atoms with Gasteiger partial charge < -0.3 is 10.2 Å². The Bertz CT molecular complexity index is 678. The Balaban J connectivity index is 1.62. The van der Waals surface area contributed by atoms with Gasteiger partial charge in [0.15, 0.2) is 0 Å². The van der Waals surface area contributed by atoms with E-state index in [1.807, 2.05) is 4.90 Å². The Kier molecular flexibility index (Phi) is 6.37. The Morgan fingerprint density at radius 2 is 1.81 bits per heavy atom. The molecule has 2 aliphatic rings. The van der Waals surface area contributed by atoms with Gasteiger partial charge >= 0.3 is 0 Å². The maximum Gasteiger partial charge on any atom is 0.248 e. The zero-order chi connectivity index (χ0) is 19.4. The lowest BCUT2D eigenvalue weighted by Gasteiger charge is -2.43. The van der Waals surface area contributed by atoms with Gasteiger partial charge in [0.05, 0.1) is 0 Å². The Morgan fingerprint density at radius 1 is 1.15 bits per heavy atom. The van der Waals surface area contributed by atoms with Gasteiger partial charge in [-0.3, -0.25) is 14.5 Å². The third kappa shape index (κ3) is 4.61. The van der Waals surface area contributed by atoms with Crippen LogP contribution in [-0.4, -0.2) is 53.3 Å². The molecule has 5 nitrogen and oxygen atoms in total. The minimum Gasteiger partial charge on any atom is -0.342 e. The highest BCUT2D eigenvalue weighted by Gasteiger charge is 2.43. The zero-order valence-electron chi connectivity index (χ0n) is 15.8. The minimum atomic E-state index is -0.749. The van der Waals surface area contributed by atoms with Gasteiger partial charge in [0.25, 0.3) is 0 Å². The summed E-state index contributed by atoms with van der Waals surface area (Å²) in [5, 5.41) is 3.38. The summed E-state index contributed by atoms with van der Waals surface area (Å²) >= 11 is 6.12. The molecular formula is C20H27ClFN3O2. The molecule has 1 saturated carbocycles. The molecule has 0 bridgehead atoms. The first-order chi connectivity index (χ1) is 12.9. The molecule has 0 aromatic heterocycles. The Labute approximate surface area is 164 Å². The normalized spacial score (nSPS) is 20.3. The first-order valence-electron chi connectivity index (χ1n) is 9.65. The topological polar surface area (TPSA) is 52.7 Å². The van der Waals surface area contributed by atoms with Crippen LogP contribution in [0.25, 0.3) is 0 Å². The fourth-order valence-electron chi connectivity index (χ4n) is 4.20. The quantitative estimate of drug-likeness (QED) is 0.852. The van der Waals surface area contributed by atoms with E-state index in [0.29, 0.717) is 56.2 Å². The summed E-state index contributed by atoms with van der Waals surface area (Å²) < 4.78 is 14.0. The molecule has 3 rings (SSSR count). The number of hydrogen-bond donors (Lipinski definition) is 1. The average molecular weight is 396 g/mol. The summed E-state index contributed by atoms with van der Waals surface area (Å²) in [7, 11) is 0. The van der Waals surface area contributed by atoms with Crippen LogP contribution in [0.4, 0.5) is 4.39 Å². The average Bonchev–Trinajstić information content (AvgIpc) is 2.65. The number of carbonyl (C=O) groups excluding carboxylic acids is 2. The third-order valence-electron chi connectivity index (χ3n) is 5.63. The van der Waals surface area contributed by atoms with Crippen molar-refractivity contribution in [3.05, 3.63) is 34.6 Å². The number of hydrogen-bond acceptors (Lipinski definition) is 3. The standard InChI is InChI=1S/C20H27ClFN3O2/c1-15(26)23-20(8-3-2-4-9-20)19(27)25-12-10-24(11-13-25)14-16-17(21)6-5-7-18(16)22/h5-7H,2-4,8-14H2,1H3,(H,23,26). The molecular weight excluding hydrogens is 369 g/mol. The van der Waals surface area contributed by atoms with Crippen LogP contribution in [0.3, 0.4) is 0 Å². The molecule has 0 spiro atoms. The highest BCUT2D eigenvalue weighted by molar-refractivity contribution is 6.31. The molecule has 27 heavy (non-hydrogen) atoms. The van der Waals surface area contributed by atoms with Gasteiger partial charge in [0, 0.05) is 50.2 Å². The predicted molar refractivity (Wildman–Crippen MR) is 103 cm³/mol. The number of nitrogens with zero attached hydrogens (tertiary/aromatic N) is 2. The van der Waals surface area contributed by atoms with Crippen molar-refractivity contribution in [2.75, 3.05) is 26.2 Å². The van der Waals surface area contributed by atoms with Gasteiger partial charge in [-0.1, -0.05) is 36.9 Å². The second kappa shape index (κ2) is 8.57. The van der Waals surface area contributed by atoms with E-state index in [4.69, 9.17) is 11.6 Å². The third-order valence-corrected chi connectivity index (χ3v) is 5.99. The Morgan fingerprint density at radius 3 is 2.41 bits per heavy atom. The van der Waals surface area contributed by atoms with Crippen LogP contribution in [0, 0.1) is 5.82 Å². The maximum absolute atomic E-state index is 14.0. The lowest BCUT2D eigenvalue weighted by atomic mass is 9.80. The molecule has 0 atom stereocenters. The number of piperazine rings is 1. The molecule has 0 radical (unpaired) electrons. The molecule has 0 unspecified atom stereocenters. The fraction of sp³-hybridized carbons (Fsp3) is 0.600. The smallest absolute Gasteiger partial charge is 0.248 e. The van der Waals surface area contributed by atoms with Crippen LogP contribution < -0.4 is 5.32 Å². The highest BCUT2D eigenvalue weighted by Crippen LogP contribution is 2.31. The molecule has 1 aromatic carbocycles. The molecule has 1 heterocycles. The van der Waals surface area contributed by atoms with Crippen LogP contribution in [-0.2, 0) is 16.1 Å².